The van der Waals surface area contributed by atoms with Crippen LogP contribution in [0.15, 0.2) is 39.2 Å². The standard InChI is InChI=1S/C19H23BrN2O/c1-13-10-15(20)2-4-17(13)19-5-3-16(23-19)11-21-18-12-22-8-6-14(18)7-9-22/h2-5,10,14,18,21H,6-9,11-12H2,1H3. The number of halogens is 1. The van der Waals surface area contributed by atoms with Crippen molar-refractivity contribution in [1.29, 1.82) is 0 Å². The van der Waals surface area contributed by atoms with Crippen LogP contribution in [0.2, 0.25) is 0 Å². The summed E-state index contributed by atoms with van der Waals surface area (Å²) in [5, 5.41) is 3.71. The molecule has 1 atom stereocenters. The van der Waals surface area contributed by atoms with Crippen molar-refractivity contribution in [1.82, 2.24) is 10.2 Å². The Balaban J connectivity index is 1.42. The molecule has 0 spiro atoms. The van der Waals surface area contributed by atoms with Crippen LogP contribution in [0.3, 0.4) is 0 Å². The summed E-state index contributed by atoms with van der Waals surface area (Å²) in [6, 6.07) is 11.1. The van der Waals surface area contributed by atoms with E-state index in [9.17, 15) is 0 Å². The van der Waals surface area contributed by atoms with Gasteiger partial charge < -0.3 is 14.6 Å². The SMILES string of the molecule is Cc1cc(Br)ccc1-c1ccc(CNC2CN3CCC2CC3)o1. The summed E-state index contributed by atoms with van der Waals surface area (Å²) >= 11 is 3.51. The van der Waals surface area contributed by atoms with Gasteiger partial charge >= 0.3 is 0 Å². The molecule has 0 aliphatic carbocycles. The van der Waals surface area contributed by atoms with Gasteiger partial charge in [0.1, 0.15) is 11.5 Å². The van der Waals surface area contributed by atoms with E-state index in [-0.39, 0.29) is 0 Å². The van der Waals surface area contributed by atoms with Crippen LogP contribution in [-0.4, -0.2) is 30.6 Å². The first-order valence-corrected chi connectivity index (χ1v) is 9.29. The second-order valence-corrected chi connectivity index (χ2v) is 7.77. The molecule has 3 fully saturated rings. The van der Waals surface area contributed by atoms with Gasteiger partial charge in [-0.15, -0.1) is 0 Å². The van der Waals surface area contributed by atoms with Crippen molar-refractivity contribution < 1.29 is 4.42 Å². The summed E-state index contributed by atoms with van der Waals surface area (Å²) < 4.78 is 7.18. The molecule has 1 aromatic carbocycles. The topological polar surface area (TPSA) is 28.4 Å². The predicted octanol–water partition coefficient (Wildman–Crippen LogP) is 4.20. The number of nitrogens with zero attached hydrogens (tertiary/aromatic N) is 1. The van der Waals surface area contributed by atoms with Crippen LogP contribution in [0.25, 0.3) is 11.3 Å². The van der Waals surface area contributed by atoms with E-state index in [1.165, 1.54) is 43.6 Å². The second-order valence-electron chi connectivity index (χ2n) is 6.85. The minimum Gasteiger partial charge on any atom is -0.460 e. The molecule has 5 rings (SSSR count). The Hall–Kier alpha value is -1.10. The van der Waals surface area contributed by atoms with Crippen LogP contribution >= 0.6 is 15.9 Å². The van der Waals surface area contributed by atoms with Gasteiger partial charge in [-0.1, -0.05) is 15.9 Å². The molecule has 0 radical (unpaired) electrons. The lowest BCUT2D eigenvalue weighted by atomic mass is 9.84. The third-order valence-corrected chi connectivity index (χ3v) is 5.80. The average Bonchev–Trinajstić information content (AvgIpc) is 3.03. The van der Waals surface area contributed by atoms with E-state index in [0.29, 0.717) is 6.04 Å². The van der Waals surface area contributed by atoms with Gasteiger partial charge in [0.15, 0.2) is 0 Å². The van der Waals surface area contributed by atoms with E-state index in [1.807, 2.05) is 0 Å². The highest BCUT2D eigenvalue weighted by Gasteiger charge is 2.33. The highest BCUT2D eigenvalue weighted by molar-refractivity contribution is 9.10. The number of fused-ring (bicyclic) bond motifs is 3. The first-order chi connectivity index (χ1) is 11.2. The van der Waals surface area contributed by atoms with E-state index in [2.05, 4.69) is 63.4 Å². The van der Waals surface area contributed by atoms with Gasteiger partial charge in [-0.3, -0.25) is 0 Å². The second kappa shape index (κ2) is 6.42. The molecule has 1 unspecified atom stereocenters. The molecule has 1 N–H and O–H groups in total. The molecular formula is C19H23BrN2O. The quantitative estimate of drug-likeness (QED) is 0.868. The van der Waals surface area contributed by atoms with Crippen molar-refractivity contribution in [3.63, 3.8) is 0 Å². The lowest BCUT2D eigenvalue weighted by Gasteiger charge is -2.45. The van der Waals surface area contributed by atoms with E-state index < -0.39 is 0 Å². The summed E-state index contributed by atoms with van der Waals surface area (Å²) in [6.07, 6.45) is 2.69. The van der Waals surface area contributed by atoms with Crippen molar-refractivity contribution in [2.45, 2.75) is 32.4 Å². The number of aryl methyl sites for hydroxylation is 1. The zero-order valence-corrected chi connectivity index (χ0v) is 15.1. The molecule has 3 aliphatic heterocycles. The van der Waals surface area contributed by atoms with Crippen LogP contribution in [-0.2, 0) is 6.54 Å². The Kier molecular flexibility index (Phi) is 4.31. The molecule has 4 heterocycles. The number of furan rings is 1. The molecule has 3 nitrogen and oxygen atoms in total. The van der Waals surface area contributed by atoms with Crippen LogP contribution in [0.1, 0.15) is 24.2 Å². The van der Waals surface area contributed by atoms with Gasteiger partial charge in [0, 0.05) is 22.6 Å². The van der Waals surface area contributed by atoms with Crippen molar-refractivity contribution in [2.24, 2.45) is 5.92 Å². The minimum absolute atomic E-state index is 0.625. The van der Waals surface area contributed by atoms with E-state index in [4.69, 9.17) is 4.42 Å². The predicted molar refractivity (Wildman–Crippen MR) is 96.4 cm³/mol. The van der Waals surface area contributed by atoms with Gasteiger partial charge in [0.25, 0.3) is 0 Å². The lowest BCUT2D eigenvalue weighted by molar-refractivity contribution is 0.0711. The first kappa shape index (κ1) is 15.4. The normalized spacial score (nSPS) is 26.6. The highest BCUT2D eigenvalue weighted by Crippen LogP contribution is 2.29. The molecule has 23 heavy (non-hydrogen) atoms. The third kappa shape index (κ3) is 3.25. The minimum atomic E-state index is 0.625. The fourth-order valence-electron chi connectivity index (χ4n) is 3.95. The molecule has 3 aliphatic rings. The molecule has 4 heteroatoms. The number of benzene rings is 1. The van der Waals surface area contributed by atoms with Gasteiger partial charge in [0.05, 0.1) is 6.54 Å². The fraction of sp³-hybridized carbons (Fsp3) is 0.474. The van der Waals surface area contributed by atoms with Crippen molar-refractivity contribution in [3.05, 3.63) is 46.1 Å². The Bertz CT molecular complexity index is 688. The van der Waals surface area contributed by atoms with Gasteiger partial charge in [-0.05, 0) is 74.7 Å². The summed E-state index contributed by atoms with van der Waals surface area (Å²) in [6.45, 7) is 6.72. The van der Waals surface area contributed by atoms with Gasteiger partial charge in [0.2, 0.25) is 0 Å². The zero-order chi connectivity index (χ0) is 15.8. The van der Waals surface area contributed by atoms with E-state index in [1.54, 1.807) is 0 Å². The fourth-order valence-corrected chi connectivity index (χ4v) is 4.42. The van der Waals surface area contributed by atoms with Crippen LogP contribution < -0.4 is 5.32 Å². The molecule has 0 amide bonds. The number of hydrogen-bond donors (Lipinski definition) is 1. The van der Waals surface area contributed by atoms with Crippen LogP contribution in [0.5, 0.6) is 0 Å². The first-order valence-electron chi connectivity index (χ1n) is 8.50. The molecular weight excluding hydrogens is 352 g/mol. The van der Waals surface area contributed by atoms with Crippen molar-refractivity contribution >= 4 is 15.9 Å². The maximum Gasteiger partial charge on any atom is 0.134 e. The maximum absolute atomic E-state index is 6.07. The molecule has 122 valence electrons. The van der Waals surface area contributed by atoms with Crippen molar-refractivity contribution in [3.8, 4) is 11.3 Å². The Morgan fingerprint density at radius 1 is 1.22 bits per heavy atom. The van der Waals surface area contributed by atoms with Crippen LogP contribution in [0.4, 0.5) is 0 Å². The van der Waals surface area contributed by atoms with Gasteiger partial charge in [-0.25, -0.2) is 0 Å². The lowest BCUT2D eigenvalue weighted by Crippen LogP contribution is -2.55. The summed E-state index contributed by atoms with van der Waals surface area (Å²) in [5.74, 6) is 2.84. The molecule has 3 saturated heterocycles. The monoisotopic (exact) mass is 374 g/mol. The Labute approximate surface area is 146 Å². The molecule has 2 aromatic rings. The van der Waals surface area contributed by atoms with E-state index in [0.717, 1.165) is 28.5 Å². The van der Waals surface area contributed by atoms with Crippen LogP contribution in [0, 0.1) is 12.8 Å². The largest absolute Gasteiger partial charge is 0.460 e. The maximum atomic E-state index is 6.07. The number of rotatable bonds is 4. The summed E-state index contributed by atoms with van der Waals surface area (Å²) in [7, 11) is 0. The molecule has 2 bridgehead atoms. The Morgan fingerprint density at radius 3 is 2.74 bits per heavy atom. The molecule has 0 saturated carbocycles. The number of nitrogens with one attached hydrogen (secondary N) is 1. The zero-order valence-electron chi connectivity index (χ0n) is 13.5. The van der Waals surface area contributed by atoms with Crippen molar-refractivity contribution in [2.75, 3.05) is 19.6 Å². The van der Waals surface area contributed by atoms with Gasteiger partial charge in [-0.2, -0.15) is 0 Å². The highest BCUT2D eigenvalue weighted by atomic mass is 79.9. The van der Waals surface area contributed by atoms with E-state index >= 15 is 0 Å². The smallest absolute Gasteiger partial charge is 0.134 e. The third-order valence-electron chi connectivity index (χ3n) is 5.31. The number of hydrogen-bond acceptors (Lipinski definition) is 3. The number of piperidine rings is 3. The molecule has 1 aromatic heterocycles. The Morgan fingerprint density at radius 2 is 2.04 bits per heavy atom. The average molecular weight is 375 g/mol. The summed E-state index contributed by atoms with van der Waals surface area (Å²) in [4.78, 5) is 2.58. The summed E-state index contributed by atoms with van der Waals surface area (Å²) in [5.41, 5.74) is 2.40.